The van der Waals surface area contributed by atoms with Gasteiger partial charge >= 0.3 is 6.09 Å². The van der Waals surface area contributed by atoms with Crippen molar-refractivity contribution in [3.05, 3.63) is 69.0 Å². The van der Waals surface area contributed by atoms with E-state index in [0.29, 0.717) is 19.7 Å². The minimum Gasteiger partial charge on any atom is -0.450 e. The zero-order valence-corrected chi connectivity index (χ0v) is 17.2. The van der Waals surface area contributed by atoms with Crippen molar-refractivity contribution in [3.8, 4) is 0 Å². The molecule has 4 nitrogen and oxygen atoms in total. The molecule has 0 spiro atoms. The van der Waals surface area contributed by atoms with Gasteiger partial charge in [-0.15, -0.1) is 0 Å². The molecule has 28 heavy (non-hydrogen) atoms. The van der Waals surface area contributed by atoms with Crippen LogP contribution in [0.3, 0.4) is 0 Å². The summed E-state index contributed by atoms with van der Waals surface area (Å²) < 4.78 is 5.16. The van der Waals surface area contributed by atoms with Gasteiger partial charge < -0.3 is 9.64 Å². The maximum atomic E-state index is 12.1. The number of pyridine rings is 1. The minimum absolute atomic E-state index is 0.214. The van der Waals surface area contributed by atoms with E-state index in [1.807, 2.05) is 19.2 Å². The summed E-state index contributed by atoms with van der Waals surface area (Å²) in [6, 6.07) is 8.44. The lowest BCUT2D eigenvalue weighted by molar-refractivity contribution is 0.104. The van der Waals surface area contributed by atoms with Gasteiger partial charge in [0.05, 0.1) is 12.3 Å². The highest BCUT2D eigenvalue weighted by Gasteiger charge is 2.27. The normalized spacial score (nSPS) is 16.3. The monoisotopic (exact) mass is 396 g/mol. The molecular weight excluding hydrogens is 372 g/mol. The van der Waals surface area contributed by atoms with Gasteiger partial charge in [-0.1, -0.05) is 29.3 Å². The Hall–Kier alpha value is -2.33. The van der Waals surface area contributed by atoms with E-state index in [9.17, 15) is 4.79 Å². The number of likely N-dealkylation sites (tertiary alicyclic amines) is 1. The number of aryl methyl sites for hydroxylation is 3. The third-order valence-corrected chi connectivity index (χ3v) is 5.82. The van der Waals surface area contributed by atoms with Crippen LogP contribution in [0.15, 0.2) is 36.0 Å². The van der Waals surface area contributed by atoms with Gasteiger partial charge in [-0.3, -0.25) is 4.98 Å². The van der Waals surface area contributed by atoms with Gasteiger partial charge in [0.25, 0.3) is 0 Å². The fourth-order valence-corrected chi connectivity index (χ4v) is 4.43. The fourth-order valence-electron chi connectivity index (χ4n) is 4.24. The van der Waals surface area contributed by atoms with Crippen molar-refractivity contribution in [2.75, 3.05) is 19.7 Å². The quantitative estimate of drug-likeness (QED) is 0.665. The van der Waals surface area contributed by atoms with Crippen molar-refractivity contribution in [1.29, 1.82) is 0 Å². The van der Waals surface area contributed by atoms with Gasteiger partial charge in [-0.2, -0.15) is 0 Å². The zero-order chi connectivity index (χ0) is 19.7. The lowest BCUT2D eigenvalue weighted by atomic mass is 9.88. The van der Waals surface area contributed by atoms with Crippen molar-refractivity contribution in [2.45, 2.75) is 39.5 Å². The number of carbonyl (C=O) groups excluding carboxylic acids is 1. The fraction of sp³-hybridized carbons (Fsp3) is 0.391. The van der Waals surface area contributed by atoms with Gasteiger partial charge in [-0.05, 0) is 73.9 Å². The molecule has 0 bridgehead atoms. The summed E-state index contributed by atoms with van der Waals surface area (Å²) in [4.78, 5) is 18.7. The number of halogens is 1. The number of amides is 1. The van der Waals surface area contributed by atoms with E-state index in [4.69, 9.17) is 21.3 Å². The summed E-state index contributed by atoms with van der Waals surface area (Å²) in [5.41, 5.74) is 8.68. The Balaban J connectivity index is 1.77. The summed E-state index contributed by atoms with van der Waals surface area (Å²) in [7, 11) is 0. The zero-order valence-electron chi connectivity index (χ0n) is 16.4. The van der Waals surface area contributed by atoms with Crippen molar-refractivity contribution in [3.63, 3.8) is 0 Å². The number of hydrogen-bond acceptors (Lipinski definition) is 3. The number of fused-ring (bicyclic) bond motifs is 2. The first-order valence-electron chi connectivity index (χ1n) is 9.95. The molecule has 1 aromatic heterocycles. The first kappa shape index (κ1) is 19.0. The van der Waals surface area contributed by atoms with Crippen LogP contribution in [-0.2, 0) is 17.6 Å². The second-order valence-electron chi connectivity index (χ2n) is 7.49. The Morgan fingerprint density at radius 1 is 1.14 bits per heavy atom. The number of piperidine rings is 1. The van der Waals surface area contributed by atoms with E-state index < -0.39 is 0 Å². The minimum atomic E-state index is -0.214. The molecule has 0 unspecified atom stereocenters. The first-order valence-corrected chi connectivity index (χ1v) is 10.3. The number of benzene rings is 1. The first-order chi connectivity index (χ1) is 13.6. The molecule has 4 rings (SSSR count). The summed E-state index contributed by atoms with van der Waals surface area (Å²) in [5, 5.41) is 0.773. The molecule has 146 valence electrons. The lowest BCUT2D eigenvalue weighted by Gasteiger charge is -2.29. The summed E-state index contributed by atoms with van der Waals surface area (Å²) >= 11 is 6.29. The van der Waals surface area contributed by atoms with Gasteiger partial charge in [0.15, 0.2) is 0 Å². The Bertz CT molecular complexity index is 886. The Morgan fingerprint density at radius 2 is 1.89 bits per heavy atom. The third kappa shape index (κ3) is 3.66. The number of carbonyl (C=O) groups is 1. The predicted molar refractivity (Wildman–Crippen MR) is 112 cm³/mol. The van der Waals surface area contributed by atoms with Crippen molar-refractivity contribution >= 4 is 23.3 Å². The van der Waals surface area contributed by atoms with E-state index in [1.54, 1.807) is 4.90 Å². The number of rotatable bonds is 1. The summed E-state index contributed by atoms with van der Waals surface area (Å²) in [5.74, 6) is 0. The molecule has 2 aliphatic rings. The number of nitrogens with zero attached hydrogens (tertiary/aromatic N) is 2. The van der Waals surface area contributed by atoms with Crippen LogP contribution in [-0.4, -0.2) is 35.7 Å². The van der Waals surface area contributed by atoms with Crippen LogP contribution >= 0.6 is 11.6 Å². The molecule has 1 saturated heterocycles. The predicted octanol–water partition coefficient (Wildman–Crippen LogP) is 5.20. The van der Waals surface area contributed by atoms with E-state index in [2.05, 4.69) is 25.1 Å². The highest BCUT2D eigenvalue weighted by atomic mass is 35.5. The van der Waals surface area contributed by atoms with Gasteiger partial charge in [-0.25, -0.2) is 4.79 Å². The molecule has 2 heterocycles. The van der Waals surface area contributed by atoms with Crippen LogP contribution < -0.4 is 0 Å². The standard InChI is InChI=1S/C23H25ClN2O2/c1-3-28-23(27)26-10-8-16(9-11-26)21-20-7-6-19(24)13-17(20)4-5-18-12-15(2)14-25-22(18)21/h6-7,12-14H,3-5,8-11H2,1-2H3. The summed E-state index contributed by atoms with van der Waals surface area (Å²) in [6.07, 6.45) is 5.33. The van der Waals surface area contributed by atoms with Gasteiger partial charge in [0.1, 0.15) is 0 Å². The topological polar surface area (TPSA) is 42.4 Å². The molecule has 0 N–H and O–H groups in total. The smallest absolute Gasteiger partial charge is 0.409 e. The molecule has 5 heteroatoms. The Labute approximate surface area is 171 Å². The molecule has 0 atom stereocenters. The molecule has 1 aliphatic carbocycles. The maximum absolute atomic E-state index is 12.1. The average Bonchev–Trinajstić information content (AvgIpc) is 2.84. The van der Waals surface area contributed by atoms with Gasteiger partial charge in [0.2, 0.25) is 0 Å². The second kappa shape index (κ2) is 7.96. The number of ether oxygens (including phenoxy) is 1. The van der Waals surface area contributed by atoms with E-state index in [-0.39, 0.29) is 6.09 Å². The molecule has 1 fully saturated rings. The van der Waals surface area contributed by atoms with Crippen LogP contribution in [0.4, 0.5) is 4.79 Å². The van der Waals surface area contributed by atoms with E-state index in [0.717, 1.165) is 36.4 Å². The molecule has 1 aliphatic heterocycles. The van der Waals surface area contributed by atoms with Crippen molar-refractivity contribution < 1.29 is 9.53 Å². The van der Waals surface area contributed by atoms with Crippen LogP contribution in [0.25, 0.3) is 5.57 Å². The highest BCUT2D eigenvalue weighted by Crippen LogP contribution is 2.38. The lowest BCUT2D eigenvalue weighted by Crippen LogP contribution is -2.37. The maximum Gasteiger partial charge on any atom is 0.409 e. The Kier molecular flexibility index (Phi) is 5.40. The van der Waals surface area contributed by atoms with Crippen molar-refractivity contribution in [2.24, 2.45) is 0 Å². The molecule has 2 aromatic rings. The largest absolute Gasteiger partial charge is 0.450 e. The van der Waals surface area contributed by atoms with Crippen LogP contribution in [0, 0.1) is 6.92 Å². The SMILES string of the molecule is CCOC(=O)N1CCC(=C2c3ccc(Cl)cc3CCc3cc(C)cnc32)CC1. The number of aromatic nitrogens is 1. The Morgan fingerprint density at radius 3 is 2.64 bits per heavy atom. The highest BCUT2D eigenvalue weighted by molar-refractivity contribution is 6.30. The molecule has 1 amide bonds. The summed E-state index contributed by atoms with van der Waals surface area (Å²) in [6.45, 7) is 5.71. The molecule has 1 aromatic carbocycles. The van der Waals surface area contributed by atoms with Crippen LogP contribution in [0.1, 0.15) is 47.7 Å². The van der Waals surface area contributed by atoms with Crippen LogP contribution in [0.5, 0.6) is 0 Å². The average molecular weight is 397 g/mol. The van der Waals surface area contributed by atoms with Crippen molar-refractivity contribution in [1.82, 2.24) is 9.88 Å². The number of hydrogen-bond donors (Lipinski definition) is 0. The van der Waals surface area contributed by atoms with E-state index >= 15 is 0 Å². The molecule has 0 saturated carbocycles. The second-order valence-corrected chi connectivity index (χ2v) is 7.92. The van der Waals surface area contributed by atoms with Gasteiger partial charge in [0, 0.05) is 29.9 Å². The molecule has 0 radical (unpaired) electrons. The molecular formula is C23H25ClN2O2. The third-order valence-electron chi connectivity index (χ3n) is 5.59. The van der Waals surface area contributed by atoms with Crippen LogP contribution in [0.2, 0.25) is 5.02 Å². The van der Waals surface area contributed by atoms with E-state index in [1.165, 1.54) is 33.4 Å².